The average Bonchev–Trinajstić information content (AvgIpc) is 2.19. The van der Waals surface area contributed by atoms with Crippen molar-refractivity contribution in [3.8, 4) is 0 Å². The molecule has 0 bridgehead atoms. The van der Waals surface area contributed by atoms with Crippen LogP contribution < -0.4 is 0 Å². The van der Waals surface area contributed by atoms with Gasteiger partial charge in [0.05, 0.1) is 0 Å². The van der Waals surface area contributed by atoms with Crippen LogP contribution in [0.5, 0.6) is 0 Å². The monoisotopic (exact) mass is 278 g/mol. The molecule has 0 saturated heterocycles. The molecule has 0 spiro atoms. The summed E-state index contributed by atoms with van der Waals surface area (Å²) in [6.45, 7) is 1.33. The van der Waals surface area contributed by atoms with Crippen molar-refractivity contribution in [3.05, 3.63) is 34.6 Å². The Morgan fingerprint density at radius 3 is 2.53 bits per heavy atom. The summed E-state index contributed by atoms with van der Waals surface area (Å²) < 4.78 is 35.1. The second-order valence-electron chi connectivity index (χ2n) is 3.85. The van der Waals surface area contributed by atoms with E-state index >= 15 is 0 Å². The van der Waals surface area contributed by atoms with Crippen LogP contribution in [0.3, 0.4) is 0 Å². The molecule has 0 radical (unpaired) electrons. The van der Waals surface area contributed by atoms with Crippen molar-refractivity contribution >= 4 is 27.2 Å². The molecule has 1 rings (SSSR count). The van der Waals surface area contributed by atoms with Crippen LogP contribution in [0.25, 0.3) is 0 Å². The van der Waals surface area contributed by atoms with Gasteiger partial charge in [-0.05, 0) is 24.6 Å². The molecule has 17 heavy (non-hydrogen) atoms. The number of ketones is 1. The van der Waals surface area contributed by atoms with E-state index in [4.69, 9.17) is 11.6 Å². The first-order valence-corrected chi connectivity index (χ1v) is 7.20. The number of benzene rings is 1. The Kier molecular flexibility index (Phi) is 4.27. The first kappa shape index (κ1) is 14.1. The van der Waals surface area contributed by atoms with Gasteiger partial charge < -0.3 is 0 Å². The third kappa shape index (κ3) is 3.78. The van der Waals surface area contributed by atoms with E-state index in [1.54, 1.807) is 0 Å². The predicted octanol–water partition coefficient (Wildman–Crippen LogP) is 2.02. The van der Waals surface area contributed by atoms with E-state index in [1.807, 2.05) is 0 Å². The first-order valence-electron chi connectivity index (χ1n) is 4.87. The summed E-state index contributed by atoms with van der Waals surface area (Å²) in [4.78, 5) is 11.7. The average molecular weight is 279 g/mol. The lowest BCUT2D eigenvalue weighted by Crippen LogP contribution is -2.27. The van der Waals surface area contributed by atoms with Crippen LogP contribution >= 0.6 is 11.6 Å². The number of carbonyl (C=O) groups is 1. The highest BCUT2D eigenvalue weighted by molar-refractivity contribution is 7.92. The Labute approximate surface area is 105 Å². The molecule has 0 aromatic heterocycles. The Morgan fingerprint density at radius 2 is 2.06 bits per heavy atom. The zero-order chi connectivity index (χ0) is 13.2. The Balaban J connectivity index is 2.89. The minimum Gasteiger partial charge on any atom is -0.298 e. The highest BCUT2D eigenvalue weighted by atomic mass is 35.5. The molecule has 0 saturated carbocycles. The van der Waals surface area contributed by atoms with Crippen molar-refractivity contribution < 1.29 is 17.6 Å². The molecule has 1 atom stereocenters. The minimum absolute atomic E-state index is 0.118. The maximum Gasteiger partial charge on any atom is 0.157 e. The normalized spacial score (nSPS) is 13.4. The number of rotatable bonds is 4. The molecule has 1 aromatic carbocycles. The fourth-order valence-corrected chi connectivity index (χ4v) is 2.03. The van der Waals surface area contributed by atoms with E-state index in [1.165, 1.54) is 19.1 Å². The number of hydrogen-bond acceptors (Lipinski definition) is 3. The van der Waals surface area contributed by atoms with Crippen LogP contribution in [0.4, 0.5) is 4.39 Å². The van der Waals surface area contributed by atoms with Crippen LogP contribution in [0, 0.1) is 5.82 Å². The van der Waals surface area contributed by atoms with Crippen LogP contribution in [-0.4, -0.2) is 25.7 Å². The molecular formula is C11H12ClFO3S. The summed E-state index contributed by atoms with van der Waals surface area (Å²) in [5.74, 6) is -0.955. The van der Waals surface area contributed by atoms with Crippen molar-refractivity contribution in [2.45, 2.75) is 18.6 Å². The maximum atomic E-state index is 12.8. The number of Topliss-reactive ketones (excluding diaryl/α,β-unsaturated/α-hetero) is 1. The van der Waals surface area contributed by atoms with Gasteiger partial charge in [0.2, 0.25) is 0 Å². The van der Waals surface area contributed by atoms with Gasteiger partial charge in [0.15, 0.2) is 15.6 Å². The SMILES string of the molecule is CC(C(=O)Cc1ccc(F)cc1Cl)S(C)(=O)=O. The highest BCUT2D eigenvalue weighted by Gasteiger charge is 2.23. The second kappa shape index (κ2) is 5.14. The van der Waals surface area contributed by atoms with Crippen LogP contribution in [0.15, 0.2) is 18.2 Å². The van der Waals surface area contributed by atoms with E-state index in [-0.39, 0.29) is 11.4 Å². The molecule has 6 heteroatoms. The molecule has 0 fully saturated rings. The molecule has 0 aliphatic carbocycles. The van der Waals surface area contributed by atoms with Gasteiger partial charge >= 0.3 is 0 Å². The largest absolute Gasteiger partial charge is 0.298 e. The lowest BCUT2D eigenvalue weighted by atomic mass is 10.1. The molecule has 1 unspecified atom stereocenters. The molecule has 0 aliphatic heterocycles. The summed E-state index contributed by atoms with van der Waals surface area (Å²) >= 11 is 5.75. The first-order chi connectivity index (χ1) is 7.71. The Morgan fingerprint density at radius 1 is 1.47 bits per heavy atom. The predicted molar refractivity (Wildman–Crippen MR) is 64.4 cm³/mol. The molecule has 1 aromatic rings. The number of sulfone groups is 1. The van der Waals surface area contributed by atoms with Crippen LogP contribution in [0.1, 0.15) is 12.5 Å². The van der Waals surface area contributed by atoms with Crippen molar-refractivity contribution in [2.75, 3.05) is 6.26 Å². The van der Waals surface area contributed by atoms with Crippen molar-refractivity contribution in [2.24, 2.45) is 0 Å². The number of halogens is 2. The molecule has 0 heterocycles. The minimum atomic E-state index is -3.41. The van der Waals surface area contributed by atoms with E-state index in [0.29, 0.717) is 5.56 Å². The maximum absolute atomic E-state index is 12.8. The standard InChI is InChI=1S/C11H12ClFO3S/c1-7(17(2,15)16)11(14)5-8-3-4-9(13)6-10(8)12/h3-4,6-7H,5H2,1-2H3. The van der Waals surface area contributed by atoms with Gasteiger partial charge in [-0.2, -0.15) is 0 Å². The van der Waals surface area contributed by atoms with Gasteiger partial charge in [-0.1, -0.05) is 17.7 Å². The zero-order valence-electron chi connectivity index (χ0n) is 9.41. The molecule has 94 valence electrons. The lowest BCUT2D eigenvalue weighted by molar-refractivity contribution is -0.117. The summed E-state index contributed by atoms with van der Waals surface area (Å²) in [6.07, 6.45) is 0.884. The van der Waals surface area contributed by atoms with Gasteiger partial charge in [0.25, 0.3) is 0 Å². The fourth-order valence-electron chi connectivity index (χ4n) is 1.24. The van der Waals surface area contributed by atoms with Gasteiger partial charge in [0, 0.05) is 17.7 Å². The topological polar surface area (TPSA) is 51.2 Å². The van der Waals surface area contributed by atoms with Crippen LogP contribution in [-0.2, 0) is 21.1 Å². The Bertz CT molecular complexity index is 540. The number of hydrogen-bond donors (Lipinski definition) is 0. The molecule has 0 N–H and O–H groups in total. The quantitative estimate of drug-likeness (QED) is 0.847. The van der Waals surface area contributed by atoms with Crippen LogP contribution in [0.2, 0.25) is 5.02 Å². The van der Waals surface area contributed by atoms with Gasteiger partial charge in [0.1, 0.15) is 11.1 Å². The summed E-state index contributed by atoms with van der Waals surface area (Å²) in [5.41, 5.74) is 0.425. The zero-order valence-corrected chi connectivity index (χ0v) is 11.0. The molecule has 0 amide bonds. The summed E-state index contributed by atoms with van der Waals surface area (Å²) in [6, 6.07) is 3.65. The smallest absolute Gasteiger partial charge is 0.157 e. The van der Waals surface area contributed by atoms with E-state index in [9.17, 15) is 17.6 Å². The van der Waals surface area contributed by atoms with Gasteiger partial charge in [-0.3, -0.25) is 4.79 Å². The summed E-state index contributed by atoms with van der Waals surface area (Å²) in [7, 11) is -3.41. The van der Waals surface area contributed by atoms with E-state index in [0.717, 1.165) is 12.3 Å². The summed E-state index contributed by atoms with van der Waals surface area (Å²) in [5, 5.41) is -0.956. The third-order valence-electron chi connectivity index (χ3n) is 2.48. The van der Waals surface area contributed by atoms with Gasteiger partial charge in [-0.15, -0.1) is 0 Å². The van der Waals surface area contributed by atoms with Crippen molar-refractivity contribution in [1.82, 2.24) is 0 Å². The molecule has 3 nitrogen and oxygen atoms in total. The second-order valence-corrected chi connectivity index (χ2v) is 6.62. The van der Waals surface area contributed by atoms with E-state index in [2.05, 4.69) is 0 Å². The molecular weight excluding hydrogens is 267 g/mol. The fraction of sp³-hybridized carbons (Fsp3) is 0.364. The van der Waals surface area contributed by atoms with Crippen molar-refractivity contribution in [3.63, 3.8) is 0 Å². The van der Waals surface area contributed by atoms with Gasteiger partial charge in [-0.25, -0.2) is 12.8 Å². The van der Waals surface area contributed by atoms with E-state index < -0.39 is 26.7 Å². The number of carbonyl (C=O) groups excluding carboxylic acids is 1. The lowest BCUT2D eigenvalue weighted by Gasteiger charge is -2.09. The third-order valence-corrected chi connectivity index (χ3v) is 4.37. The highest BCUT2D eigenvalue weighted by Crippen LogP contribution is 2.19. The molecule has 0 aliphatic rings. The Hall–Kier alpha value is -0.940. The van der Waals surface area contributed by atoms with Crippen molar-refractivity contribution in [1.29, 1.82) is 0 Å².